The topological polar surface area (TPSA) is 78.9 Å². The Bertz CT molecular complexity index is 1380. The first-order valence-electron chi connectivity index (χ1n) is 12.3. The molecule has 0 aromatic heterocycles. The van der Waals surface area contributed by atoms with Crippen molar-refractivity contribution in [3.05, 3.63) is 111 Å². The summed E-state index contributed by atoms with van der Waals surface area (Å²) in [5.74, 6) is -2.59. The molecule has 41 heavy (non-hydrogen) atoms. The van der Waals surface area contributed by atoms with Crippen LogP contribution in [-0.2, 0) is 30.5 Å². The fourth-order valence-corrected chi connectivity index (χ4v) is 4.79. The molecule has 3 rings (SSSR count). The van der Waals surface area contributed by atoms with E-state index in [-0.39, 0.29) is 31.1 Å². The van der Waals surface area contributed by atoms with E-state index in [1.54, 1.807) is 48.5 Å². The molecule has 0 fully saturated rings. The molecule has 0 spiro atoms. The van der Waals surface area contributed by atoms with E-state index in [4.69, 9.17) is 32.7 Å². The Balaban J connectivity index is 1.51. The number of carbonyl (C=O) groups is 1. The van der Waals surface area contributed by atoms with Gasteiger partial charge in [-0.3, -0.25) is 4.79 Å². The second-order valence-electron chi connectivity index (χ2n) is 8.86. The minimum absolute atomic E-state index is 0.0618. The smallest absolute Gasteiger partial charge is 0.449 e. The number of carbonyl (C=O) groups excluding carboxylic acids is 1. The molecule has 3 aromatic rings. The van der Waals surface area contributed by atoms with Crippen LogP contribution in [0.4, 0.5) is 13.2 Å². The lowest BCUT2D eigenvalue weighted by molar-refractivity contribution is -0.158. The molecule has 0 heterocycles. The lowest BCUT2D eigenvalue weighted by atomic mass is 10.0. The Morgan fingerprint density at radius 1 is 0.854 bits per heavy atom. The summed E-state index contributed by atoms with van der Waals surface area (Å²) >= 11 is 12.0. The molecule has 0 atom stereocenters. The molecule has 0 amide bonds. The van der Waals surface area contributed by atoms with Crippen LogP contribution < -0.4 is 4.74 Å². The average molecular weight is 631 g/mol. The normalized spacial score (nSPS) is 12.4. The van der Waals surface area contributed by atoms with Crippen molar-refractivity contribution in [2.75, 3.05) is 24.7 Å². The van der Waals surface area contributed by atoms with Crippen LogP contribution in [0.5, 0.6) is 5.75 Å². The summed E-state index contributed by atoms with van der Waals surface area (Å²) in [6, 6.07) is 20.2. The summed E-state index contributed by atoms with van der Waals surface area (Å²) < 4.78 is 79.8. The first-order chi connectivity index (χ1) is 19.3. The first-order valence-corrected chi connectivity index (χ1v) is 14.9. The van der Waals surface area contributed by atoms with Gasteiger partial charge in [-0.25, -0.2) is 8.42 Å². The number of rotatable bonds is 13. The van der Waals surface area contributed by atoms with Crippen molar-refractivity contribution in [2.45, 2.75) is 25.6 Å². The molecule has 0 radical (unpaired) electrons. The number of halogens is 5. The van der Waals surface area contributed by atoms with Crippen molar-refractivity contribution in [1.29, 1.82) is 0 Å². The van der Waals surface area contributed by atoms with Gasteiger partial charge in [0.1, 0.15) is 18.5 Å². The molecule has 0 aliphatic rings. The quantitative estimate of drug-likeness (QED) is 0.147. The fraction of sp³-hybridized carbons (Fsp3) is 0.276. The van der Waals surface area contributed by atoms with Crippen LogP contribution in [0, 0.1) is 0 Å². The average Bonchev–Trinajstić information content (AvgIpc) is 2.90. The Hall–Kier alpha value is -3.05. The van der Waals surface area contributed by atoms with Gasteiger partial charge in [0, 0.05) is 17.0 Å². The van der Waals surface area contributed by atoms with Gasteiger partial charge in [-0.1, -0.05) is 59.6 Å². The van der Waals surface area contributed by atoms with E-state index < -0.39 is 33.8 Å². The van der Waals surface area contributed by atoms with E-state index in [1.807, 2.05) is 0 Å². The number of hydrogen-bond acceptors (Lipinski definition) is 6. The molecule has 0 aliphatic carbocycles. The number of ether oxygens (including phenoxy) is 3. The van der Waals surface area contributed by atoms with Crippen molar-refractivity contribution in [3.63, 3.8) is 0 Å². The van der Waals surface area contributed by atoms with Crippen LogP contribution in [0.2, 0.25) is 10.0 Å². The number of hydrogen-bond donors (Lipinski definition) is 0. The highest BCUT2D eigenvalue weighted by atomic mass is 35.5. The molecule has 0 saturated carbocycles. The lowest BCUT2D eigenvalue weighted by Crippen LogP contribution is -2.21. The zero-order valence-electron chi connectivity index (χ0n) is 21.9. The van der Waals surface area contributed by atoms with Crippen LogP contribution in [0.3, 0.4) is 0 Å². The maximum absolute atomic E-state index is 13.0. The van der Waals surface area contributed by atoms with Crippen molar-refractivity contribution in [1.82, 2.24) is 0 Å². The second kappa shape index (κ2) is 14.7. The standard InChI is InChI=1S/C29H27Cl2F3O6S/c1-20(35)40-27(29(32,33)34)15-4-21-2-13-26(14-3-21)38-16-18-41(36,37)19-17-39-28(22-5-9-24(30)10-6-22)23-7-11-25(31)12-8-23/h2-3,5-15,28H,4,16-19H2,1H3/b27-15-. The van der Waals surface area contributed by atoms with Crippen LogP contribution in [0.15, 0.2) is 84.6 Å². The van der Waals surface area contributed by atoms with Crippen LogP contribution in [-0.4, -0.2) is 45.3 Å². The number of esters is 1. The molecular weight excluding hydrogens is 604 g/mol. The van der Waals surface area contributed by atoms with Crippen LogP contribution in [0.1, 0.15) is 29.7 Å². The molecule has 0 aliphatic heterocycles. The summed E-state index contributed by atoms with van der Waals surface area (Å²) in [5, 5.41) is 1.13. The van der Waals surface area contributed by atoms with E-state index in [0.717, 1.165) is 24.1 Å². The Morgan fingerprint density at radius 3 is 1.85 bits per heavy atom. The Kier molecular flexibility index (Phi) is 11.7. The van der Waals surface area contributed by atoms with Crippen molar-refractivity contribution in [3.8, 4) is 5.75 Å². The number of sulfone groups is 1. The SMILES string of the molecule is CC(=O)O/C(=C\Cc1ccc(OCCS(=O)(=O)CCOC(c2ccc(Cl)cc2)c2ccc(Cl)cc2)cc1)C(F)(F)F. The van der Waals surface area contributed by atoms with Gasteiger partial charge in [-0.2, -0.15) is 13.2 Å². The molecule has 3 aromatic carbocycles. The minimum Gasteiger partial charge on any atom is -0.493 e. The monoisotopic (exact) mass is 630 g/mol. The van der Waals surface area contributed by atoms with Gasteiger partial charge in [-0.05, 0) is 65.6 Å². The van der Waals surface area contributed by atoms with Crippen LogP contribution >= 0.6 is 23.2 Å². The summed E-state index contributed by atoms with van der Waals surface area (Å²) in [6.45, 7) is 0.705. The number of benzene rings is 3. The van der Waals surface area contributed by atoms with Gasteiger partial charge >= 0.3 is 12.1 Å². The molecule has 220 valence electrons. The predicted molar refractivity (Wildman–Crippen MR) is 151 cm³/mol. The van der Waals surface area contributed by atoms with Gasteiger partial charge in [0.25, 0.3) is 0 Å². The third-order valence-corrected chi connectivity index (χ3v) is 7.75. The van der Waals surface area contributed by atoms with E-state index in [0.29, 0.717) is 21.4 Å². The summed E-state index contributed by atoms with van der Waals surface area (Å²) in [5.41, 5.74) is 2.11. The Morgan fingerprint density at radius 2 is 1.37 bits per heavy atom. The van der Waals surface area contributed by atoms with E-state index in [1.165, 1.54) is 24.3 Å². The molecule has 0 bridgehead atoms. The Labute approximate surface area is 246 Å². The number of alkyl halides is 3. The summed E-state index contributed by atoms with van der Waals surface area (Å²) in [4.78, 5) is 10.9. The highest BCUT2D eigenvalue weighted by molar-refractivity contribution is 7.91. The molecule has 0 unspecified atom stereocenters. The van der Waals surface area contributed by atoms with Gasteiger partial charge in [0.15, 0.2) is 9.84 Å². The molecule has 12 heteroatoms. The summed E-state index contributed by atoms with van der Waals surface area (Å²) in [6.07, 6.45) is -4.68. The largest absolute Gasteiger partial charge is 0.493 e. The third kappa shape index (κ3) is 11.0. The summed E-state index contributed by atoms with van der Waals surface area (Å²) in [7, 11) is -3.52. The third-order valence-electron chi connectivity index (χ3n) is 5.67. The molecular formula is C29H27Cl2F3O6S. The fourth-order valence-electron chi connectivity index (χ4n) is 3.64. The van der Waals surface area contributed by atoms with Crippen molar-refractivity contribution in [2.24, 2.45) is 0 Å². The van der Waals surface area contributed by atoms with E-state index >= 15 is 0 Å². The number of allylic oxidation sites excluding steroid dienone is 2. The first kappa shape index (κ1) is 32.5. The zero-order valence-corrected chi connectivity index (χ0v) is 24.2. The van der Waals surface area contributed by atoms with E-state index in [9.17, 15) is 26.4 Å². The molecule has 0 saturated heterocycles. The molecule has 0 N–H and O–H groups in total. The zero-order chi connectivity index (χ0) is 30.0. The highest BCUT2D eigenvalue weighted by Crippen LogP contribution is 2.29. The minimum atomic E-state index is -4.79. The van der Waals surface area contributed by atoms with Gasteiger partial charge in [0.05, 0.1) is 18.1 Å². The van der Waals surface area contributed by atoms with Crippen molar-refractivity contribution < 1.29 is 40.6 Å². The molecule has 6 nitrogen and oxygen atoms in total. The highest BCUT2D eigenvalue weighted by Gasteiger charge is 2.36. The van der Waals surface area contributed by atoms with Gasteiger partial charge < -0.3 is 14.2 Å². The predicted octanol–water partition coefficient (Wildman–Crippen LogP) is 7.15. The lowest BCUT2D eigenvalue weighted by Gasteiger charge is -2.19. The van der Waals surface area contributed by atoms with Crippen molar-refractivity contribution >= 4 is 39.0 Å². The maximum atomic E-state index is 13.0. The van der Waals surface area contributed by atoms with E-state index in [2.05, 4.69) is 4.74 Å². The van der Waals surface area contributed by atoms with Gasteiger partial charge in [-0.15, -0.1) is 0 Å². The van der Waals surface area contributed by atoms with Gasteiger partial charge in [0.2, 0.25) is 5.76 Å². The van der Waals surface area contributed by atoms with Crippen LogP contribution in [0.25, 0.3) is 0 Å². The maximum Gasteiger partial charge on any atom is 0.449 e. The second-order valence-corrected chi connectivity index (χ2v) is 12.0.